The van der Waals surface area contributed by atoms with Gasteiger partial charge in [-0.25, -0.2) is 9.97 Å². The Morgan fingerprint density at radius 2 is 1.45 bits per heavy atom. The van der Waals surface area contributed by atoms with Crippen LogP contribution in [0.15, 0.2) is 132 Å². The zero-order valence-electron chi connectivity index (χ0n) is 23.9. The van der Waals surface area contributed by atoms with Crippen molar-refractivity contribution in [2.75, 3.05) is 0 Å². The summed E-state index contributed by atoms with van der Waals surface area (Å²) in [6.45, 7) is 0. The fourth-order valence-corrected chi connectivity index (χ4v) is 7.35. The summed E-state index contributed by atoms with van der Waals surface area (Å²) >= 11 is 6.44. The predicted octanol–water partition coefficient (Wildman–Crippen LogP) is 10.9. The van der Waals surface area contributed by atoms with Gasteiger partial charge in [0.15, 0.2) is 5.58 Å². The van der Waals surface area contributed by atoms with Crippen molar-refractivity contribution >= 4 is 44.8 Å². The molecule has 2 atom stereocenters. The van der Waals surface area contributed by atoms with Crippen LogP contribution in [0.4, 0.5) is 0 Å². The van der Waals surface area contributed by atoms with Crippen LogP contribution in [0.5, 0.6) is 0 Å². The van der Waals surface area contributed by atoms with Gasteiger partial charge in [0.05, 0.1) is 0 Å². The quantitative estimate of drug-likeness (QED) is 0.194. The Morgan fingerprint density at radius 1 is 0.682 bits per heavy atom. The molecule has 3 aliphatic carbocycles. The molecule has 210 valence electrons. The second kappa shape index (κ2) is 10.0. The zero-order valence-corrected chi connectivity index (χ0v) is 24.6. The van der Waals surface area contributed by atoms with Crippen LogP contribution in [0.2, 0.25) is 5.28 Å². The Kier molecular flexibility index (Phi) is 5.82. The first-order valence-corrected chi connectivity index (χ1v) is 15.5. The van der Waals surface area contributed by atoms with Crippen LogP contribution in [0.3, 0.4) is 0 Å². The van der Waals surface area contributed by atoms with Crippen LogP contribution >= 0.6 is 11.6 Å². The van der Waals surface area contributed by atoms with Gasteiger partial charge < -0.3 is 4.42 Å². The van der Waals surface area contributed by atoms with Crippen molar-refractivity contribution in [1.29, 1.82) is 0 Å². The molecule has 0 spiro atoms. The van der Waals surface area contributed by atoms with E-state index in [0.717, 1.165) is 51.7 Å². The fraction of sp³-hybridized carbons (Fsp3) is 0.100. The lowest BCUT2D eigenvalue weighted by Crippen LogP contribution is -2.17. The third kappa shape index (κ3) is 4.04. The van der Waals surface area contributed by atoms with E-state index in [0.29, 0.717) is 17.4 Å². The number of nitrogens with zero attached hydrogens (tertiary/aromatic N) is 2. The van der Waals surface area contributed by atoms with Crippen molar-refractivity contribution in [3.63, 3.8) is 0 Å². The first-order chi connectivity index (χ1) is 21.7. The van der Waals surface area contributed by atoms with Crippen LogP contribution in [-0.4, -0.2) is 9.97 Å². The molecule has 2 heterocycles. The van der Waals surface area contributed by atoms with Crippen LogP contribution < -0.4 is 0 Å². The zero-order chi connectivity index (χ0) is 29.2. The van der Waals surface area contributed by atoms with E-state index in [2.05, 4.69) is 131 Å². The summed E-state index contributed by atoms with van der Waals surface area (Å²) in [6.07, 6.45) is 15.6. The van der Waals surface area contributed by atoms with Gasteiger partial charge in [-0.15, -0.1) is 0 Å². The molecule has 3 aliphatic rings. The summed E-state index contributed by atoms with van der Waals surface area (Å²) in [6, 6.07) is 32.8. The summed E-state index contributed by atoms with van der Waals surface area (Å²) in [7, 11) is 0. The van der Waals surface area contributed by atoms with E-state index in [4.69, 9.17) is 16.0 Å². The van der Waals surface area contributed by atoms with Gasteiger partial charge in [0, 0.05) is 17.2 Å². The summed E-state index contributed by atoms with van der Waals surface area (Å²) in [5.74, 6) is 0.634. The maximum absolute atomic E-state index is 6.44. The molecular formula is C40H27ClN2O. The largest absolute Gasteiger partial charge is 0.452 e. The third-order valence-corrected chi connectivity index (χ3v) is 9.41. The smallest absolute Gasteiger partial charge is 0.223 e. The lowest BCUT2D eigenvalue weighted by Gasteiger charge is -2.35. The van der Waals surface area contributed by atoms with E-state index in [-0.39, 0.29) is 5.28 Å². The highest BCUT2D eigenvalue weighted by atomic mass is 35.5. The lowest BCUT2D eigenvalue weighted by atomic mass is 9.69. The fourth-order valence-electron chi connectivity index (χ4n) is 7.18. The van der Waals surface area contributed by atoms with Gasteiger partial charge in [0.25, 0.3) is 0 Å². The summed E-state index contributed by atoms with van der Waals surface area (Å²) in [4.78, 5) is 9.16. The number of furan rings is 1. The van der Waals surface area contributed by atoms with Crippen molar-refractivity contribution in [3.8, 4) is 22.3 Å². The molecule has 6 aromatic rings. The van der Waals surface area contributed by atoms with Crippen molar-refractivity contribution in [3.05, 3.63) is 155 Å². The highest BCUT2D eigenvalue weighted by Crippen LogP contribution is 2.51. The Balaban J connectivity index is 1.12. The molecular weight excluding hydrogens is 560 g/mol. The molecule has 0 bridgehead atoms. The molecule has 4 aromatic carbocycles. The second-order valence-corrected chi connectivity index (χ2v) is 12.1. The monoisotopic (exact) mass is 586 g/mol. The number of rotatable bonds is 3. The standard InChI is InChI=1S/C40H27ClN2O/c41-40-42-37(24-9-2-1-3-10-24)39-38(43-40)35-23-28(18-20-36(35)44-39)26-12-8-11-25(21-26)27-17-19-33-31-15-5-4-13-29(31)30-14-6-7-16-32(30)34(33)22-27/h2,4-23,33-34H,1,3H2. The number of aromatic nitrogens is 2. The van der Waals surface area contributed by atoms with Crippen molar-refractivity contribution in [2.24, 2.45) is 0 Å². The Bertz CT molecular complexity index is 2270. The highest BCUT2D eigenvalue weighted by molar-refractivity contribution is 6.29. The third-order valence-electron chi connectivity index (χ3n) is 9.24. The van der Waals surface area contributed by atoms with E-state index >= 15 is 0 Å². The normalized spacial score (nSPS) is 18.5. The number of fused-ring (bicyclic) bond motifs is 9. The maximum Gasteiger partial charge on any atom is 0.223 e. The van der Waals surface area contributed by atoms with Gasteiger partial charge in [-0.05, 0) is 92.7 Å². The van der Waals surface area contributed by atoms with E-state index in [1.54, 1.807) is 0 Å². The highest BCUT2D eigenvalue weighted by Gasteiger charge is 2.32. The molecule has 0 amide bonds. The average molecular weight is 587 g/mol. The number of hydrogen-bond acceptors (Lipinski definition) is 3. The van der Waals surface area contributed by atoms with Crippen LogP contribution in [0, 0.1) is 0 Å². The van der Waals surface area contributed by atoms with Crippen molar-refractivity contribution in [2.45, 2.75) is 24.7 Å². The van der Waals surface area contributed by atoms with E-state index in [9.17, 15) is 0 Å². The van der Waals surface area contributed by atoms with Crippen LogP contribution in [0.1, 0.15) is 47.1 Å². The number of allylic oxidation sites excluding steroid dienone is 8. The molecule has 0 saturated carbocycles. The number of benzene rings is 4. The van der Waals surface area contributed by atoms with E-state index in [1.165, 1.54) is 33.4 Å². The maximum atomic E-state index is 6.44. The molecule has 4 heteroatoms. The van der Waals surface area contributed by atoms with E-state index < -0.39 is 0 Å². The molecule has 9 rings (SSSR count). The topological polar surface area (TPSA) is 38.9 Å². The molecule has 44 heavy (non-hydrogen) atoms. The van der Waals surface area contributed by atoms with Crippen molar-refractivity contribution in [1.82, 2.24) is 9.97 Å². The van der Waals surface area contributed by atoms with Crippen LogP contribution in [-0.2, 0) is 0 Å². The van der Waals surface area contributed by atoms with Crippen LogP contribution in [0.25, 0.3) is 55.5 Å². The van der Waals surface area contributed by atoms with E-state index in [1.807, 2.05) is 6.07 Å². The minimum absolute atomic E-state index is 0.226. The molecule has 0 N–H and O–H groups in total. The molecule has 3 nitrogen and oxygen atoms in total. The SMILES string of the molecule is Clc1nc(C2=CCCC=C2)c2oc3ccc(-c4cccc(C5=CC6c7ccccc7-c7ccccc7C6C=C5)c4)cc3c2n1. The summed E-state index contributed by atoms with van der Waals surface area (Å²) in [5, 5.41) is 1.16. The Labute approximate surface area is 260 Å². The summed E-state index contributed by atoms with van der Waals surface area (Å²) in [5.41, 5.74) is 14.1. The Hall–Kier alpha value is -4.99. The molecule has 0 saturated heterocycles. The van der Waals surface area contributed by atoms with Gasteiger partial charge in [-0.2, -0.15) is 0 Å². The van der Waals surface area contributed by atoms with Gasteiger partial charge >= 0.3 is 0 Å². The number of hydrogen-bond donors (Lipinski definition) is 0. The Morgan fingerprint density at radius 3 is 2.27 bits per heavy atom. The second-order valence-electron chi connectivity index (χ2n) is 11.8. The lowest BCUT2D eigenvalue weighted by molar-refractivity contribution is 0.664. The molecule has 2 unspecified atom stereocenters. The predicted molar refractivity (Wildman–Crippen MR) is 181 cm³/mol. The molecule has 2 aromatic heterocycles. The number of halogens is 1. The molecule has 0 aliphatic heterocycles. The average Bonchev–Trinajstić information content (AvgIpc) is 3.46. The minimum atomic E-state index is 0.226. The van der Waals surface area contributed by atoms with Crippen molar-refractivity contribution < 1.29 is 4.42 Å². The first-order valence-electron chi connectivity index (χ1n) is 15.2. The molecule has 0 radical (unpaired) electrons. The summed E-state index contributed by atoms with van der Waals surface area (Å²) < 4.78 is 6.33. The van der Waals surface area contributed by atoms with Gasteiger partial charge in [0.1, 0.15) is 16.8 Å². The first kappa shape index (κ1) is 25.5. The van der Waals surface area contributed by atoms with Gasteiger partial charge in [-0.1, -0.05) is 109 Å². The van der Waals surface area contributed by atoms with Gasteiger partial charge in [0.2, 0.25) is 5.28 Å². The minimum Gasteiger partial charge on any atom is -0.452 e. The molecule has 0 fully saturated rings. The van der Waals surface area contributed by atoms with Gasteiger partial charge in [-0.3, -0.25) is 0 Å².